The fourth-order valence-corrected chi connectivity index (χ4v) is 2.30. The summed E-state index contributed by atoms with van der Waals surface area (Å²) in [6, 6.07) is 3.00. The monoisotopic (exact) mass is 301 g/mol. The average molecular weight is 301 g/mol. The van der Waals surface area contributed by atoms with Crippen LogP contribution in [-0.4, -0.2) is 29.9 Å². The first-order valence-electron chi connectivity index (χ1n) is 7.03. The number of allylic oxidation sites excluding steroid dienone is 1. The molecule has 0 amide bonds. The quantitative estimate of drug-likeness (QED) is 0.534. The molecule has 116 valence electrons. The van der Waals surface area contributed by atoms with Crippen LogP contribution in [0.4, 0.5) is 0 Å². The van der Waals surface area contributed by atoms with Gasteiger partial charge in [0.1, 0.15) is 11.3 Å². The van der Waals surface area contributed by atoms with E-state index in [0.29, 0.717) is 23.0 Å². The average Bonchev–Trinajstić information content (AvgIpc) is 2.48. The second-order valence-electron chi connectivity index (χ2n) is 5.36. The van der Waals surface area contributed by atoms with E-state index >= 15 is 0 Å². The molecule has 5 nitrogen and oxygen atoms in total. The Hall–Kier alpha value is -2.56. The first-order valence-corrected chi connectivity index (χ1v) is 7.03. The summed E-state index contributed by atoms with van der Waals surface area (Å²) in [5.74, 6) is -0.457. The molecule has 0 atom stereocenters. The van der Waals surface area contributed by atoms with Gasteiger partial charge in [-0.25, -0.2) is 4.79 Å². The SMILES string of the molecule is CCc1cc(=O)oc2c(C)c(O)c(C(=O)/C=C\N(C)C)cc12. The van der Waals surface area contributed by atoms with E-state index in [-0.39, 0.29) is 17.1 Å². The molecule has 2 rings (SSSR count). The lowest BCUT2D eigenvalue weighted by Crippen LogP contribution is -2.05. The van der Waals surface area contributed by atoms with E-state index < -0.39 is 5.63 Å². The summed E-state index contributed by atoms with van der Waals surface area (Å²) in [5, 5.41) is 10.9. The molecule has 0 bridgehead atoms. The first-order chi connectivity index (χ1) is 10.3. The highest BCUT2D eigenvalue weighted by Gasteiger charge is 2.17. The largest absolute Gasteiger partial charge is 0.507 e. The van der Waals surface area contributed by atoms with Crippen molar-refractivity contribution in [3.63, 3.8) is 0 Å². The van der Waals surface area contributed by atoms with E-state index in [1.165, 1.54) is 12.1 Å². The molecule has 5 heteroatoms. The number of aromatic hydroxyl groups is 1. The van der Waals surface area contributed by atoms with E-state index in [9.17, 15) is 14.7 Å². The van der Waals surface area contributed by atoms with Crippen molar-refractivity contribution in [2.45, 2.75) is 20.3 Å². The van der Waals surface area contributed by atoms with Crippen molar-refractivity contribution in [1.82, 2.24) is 4.90 Å². The van der Waals surface area contributed by atoms with Gasteiger partial charge in [0.05, 0.1) is 5.56 Å². The van der Waals surface area contributed by atoms with Gasteiger partial charge in [0, 0.05) is 43.4 Å². The zero-order valence-electron chi connectivity index (χ0n) is 13.1. The van der Waals surface area contributed by atoms with Crippen LogP contribution < -0.4 is 5.63 Å². The normalized spacial score (nSPS) is 11.3. The zero-order valence-corrected chi connectivity index (χ0v) is 13.1. The molecule has 22 heavy (non-hydrogen) atoms. The van der Waals surface area contributed by atoms with E-state index in [4.69, 9.17) is 4.42 Å². The molecule has 0 saturated heterocycles. The number of carbonyl (C=O) groups is 1. The van der Waals surface area contributed by atoms with E-state index in [2.05, 4.69) is 0 Å². The summed E-state index contributed by atoms with van der Waals surface area (Å²) in [5.41, 5.74) is 1.26. The van der Waals surface area contributed by atoms with Crippen LogP contribution >= 0.6 is 0 Å². The Kier molecular flexibility index (Phi) is 4.35. The number of rotatable bonds is 4. The molecule has 1 aromatic carbocycles. The van der Waals surface area contributed by atoms with Crippen molar-refractivity contribution in [3.05, 3.63) is 51.5 Å². The Bertz CT molecular complexity index is 815. The maximum Gasteiger partial charge on any atom is 0.336 e. The number of nitrogens with zero attached hydrogens (tertiary/aromatic N) is 1. The predicted octanol–water partition coefficient (Wildman–Crippen LogP) is 2.63. The predicted molar refractivity (Wildman–Crippen MR) is 85.4 cm³/mol. The van der Waals surface area contributed by atoms with E-state index in [1.54, 1.807) is 38.2 Å². The maximum absolute atomic E-state index is 12.3. The van der Waals surface area contributed by atoms with Crippen LogP contribution in [0.15, 0.2) is 33.6 Å². The summed E-state index contributed by atoms with van der Waals surface area (Å²) in [6.45, 7) is 3.55. The molecular weight excluding hydrogens is 282 g/mol. The van der Waals surface area contributed by atoms with Crippen LogP contribution in [0, 0.1) is 6.92 Å². The van der Waals surface area contributed by atoms with Crippen molar-refractivity contribution in [1.29, 1.82) is 0 Å². The van der Waals surface area contributed by atoms with Gasteiger partial charge < -0.3 is 14.4 Å². The topological polar surface area (TPSA) is 70.7 Å². The molecule has 0 radical (unpaired) electrons. The highest BCUT2D eigenvalue weighted by Crippen LogP contribution is 2.32. The number of carbonyl (C=O) groups excluding carboxylic acids is 1. The third-order valence-electron chi connectivity index (χ3n) is 3.50. The van der Waals surface area contributed by atoms with Crippen LogP contribution in [0.25, 0.3) is 11.0 Å². The Labute approximate surface area is 128 Å². The molecule has 0 aliphatic heterocycles. The standard InChI is InChI=1S/C17H19NO4/c1-5-11-8-15(20)22-17-10(2)16(21)13(9-12(11)17)14(19)6-7-18(3)4/h6-9,21H,5H2,1-4H3/b7-6-. The summed E-state index contributed by atoms with van der Waals surface area (Å²) in [7, 11) is 3.61. The van der Waals surface area contributed by atoms with Crippen molar-refractivity contribution >= 4 is 16.8 Å². The van der Waals surface area contributed by atoms with Crippen LogP contribution in [0.3, 0.4) is 0 Å². The second-order valence-corrected chi connectivity index (χ2v) is 5.36. The molecule has 0 saturated carbocycles. The number of ketones is 1. The summed E-state index contributed by atoms with van der Waals surface area (Å²) >= 11 is 0. The van der Waals surface area contributed by atoms with E-state index in [1.807, 2.05) is 6.92 Å². The maximum atomic E-state index is 12.3. The molecule has 0 fully saturated rings. The van der Waals surface area contributed by atoms with Crippen molar-refractivity contribution in [2.24, 2.45) is 0 Å². The molecule has 1 heterocycles. The minimum absolute atomic E-state index is 0.155. The number of aryl methyl sites for hydroxylation is 2. The Morgan fingerprint density at radius 3 is 2.64 bits per heavy atom. The smallest absolute Gasteiger partial charge is 0.336 e. The molecule has 0 aliphatic carbocycles. The van der Waals surface area contributed by atoms with Gasteiger partial charge in [0.25, 0.3) is 0 Å². The fraction of sp³-hybridized carbons (Fsp3) is 0.294. The van der Waals surface area contributed by atoms with Crippen LogP contribution in [0.2, 0.25) is 0 Å². The molecule has 1 aromatic heterocycles. The van der Waals surface area contributed by atoms with Crippen molar-refractivity contribution in [2.75, 3.05) is 14.1 Å². The van der Waals surface area contributed by atoms with Crippen LogP contribution in [0.5, 0.6) is 5.75 Å². The Morgan fingerprint density at radius 1 is 1.36 bits per heavy atom. The van der Waals surface area contributed by atoms with Gasteiger partial charge in [0.2, 0.25) is 0 Å². The highest BCUT2D eigenvalue weighted by atomic mass is 16.4. The number of fused-ring (bicyclic) bond motifs is 1. The van der Waals surface area contributed by atoms with E-state index in [0.717, 1.165) is 5.56 Å². The first kappa shape index (κ1) is 15.8. The minimum atomic E-state index is -0.460. The summed E-state index contributed by atoms with van der Waals surface area (Å²) in [6.07, 6.45) is 3.64. The highest BCUT2D eigenvalue weighted by molar-refractivity contribution is 6.09. The number of phenols is 1. The molecule has 1 N–H and O–H groups in total. The lowest BCUT2D eigenvalue weighted by Gasteiger charge is -2.11. The molecule has 2 aromatic rings. The summed E-state index contributed by atoms with van der Waals surface area (Å²) in [4.78, 5) is 25.6. The van der Waals surface area contributed by atoms with Gasteiger partial charge in [-0.05, 0) is 25.0 Å². The summed E-state index contributed by atoms with van der Waals surface area (Å²) < 4.78 is 5.20. The van der Waals surface area contributed by atoms with Gasteiger partial charge in [-0.2, -0.15) is 0 Å². The third kappa shape index (κ3) is 2.88. The second kappa shape index (κ2) is 6.05. The lowest BCUT2D eigenvalue weighted by molar-refractivity contribution is 0.104. The fourth-order valence-electron chi connectivity index (χ4n) is 2.30. The van der Waals surface area contributed by atoms with Gasteiger partial charge in [0.15, 0.2) is 5.78 Å². The lowest BCUT2D eigenvalue weighted by atomic mass is 9.98. The number of hydrogen-bond acceptors (Lipinski definition) is 5. The van der Waals surface area contributed by atoms with Crippen LogP contribution in [0.1, 0.15) is 28.4 Å². The minimum Gasteiger partial charge on any atom is -0.507 e. The Balaban J connectivity index is 2.72. The molecule has 0 spiro atoms. The molecule has 0 aliphatic rings. The third-order valence-corrected chi connectivity index (χ3v) is 3.50. The van der Waals surface area contributed by atoms with Crippen LogP contribution in [-0.2, 0) is 6.42 Å². The molecule has 0 unspecified atom stereocenters. The van der Waals surface area contributed by atoms with Gasteiger partial charge >= 0.3 is 5.63 Å². The van der Waals surface area contributed by atoms with Crippen molar-refractivity contribution < 1.29 is 14.3 Å². The van der Waals surface area contributed by atoms with Gasteiger partial charge in [-0.15, -0.1) is 0 Å². The van der Waals surface area contributed by atoms with Gasteiger partial charge in [-0.3, -0.25) is 4.79 Å². The zero-order chi connectivity index (χ0) is 16.4. The van der Waals surface area contributed by atoms with Gasteiger partial charge in [-0.1, -0.05) is 6.92 Å². The number of hydrogen-bond donors (Lipinski definition) is 1. The van der Waals surface area contributed by atoms with Crippen molar-refractivity contribution in [3.8, 4) is 5.75 Å². The number of phenolic OH excluding ortho intramolecular Hbond substituents is 1. The Morgan fingerprint density at radius 2 is 2.05 bits per heavy atom. The number of benzene rings is 1. The molecular formula is C17H19NO4.